The number of imidazole rings is 1. The monoisotopic (exact) mass is 565 g/mol. The molecular weight excluding hydrogens is 533 g/mol. The normalized spacial score (nSPS) is 20.9. The lowest BCUT2D eigenvalue weighted by Crippen LogP contribution is -2.45. The smallest absolute Gasteiger partial charge is 0.211 e. The Morgan fingerprint density at radius 1 is 1.19 bits per heavy atom. The molecule has 5 rings (SSSR count). The number of benzene rings is 1. The van der Waals surface area contributed by atoms with Crippen LogP contribution in [0.2, 0.25) is 10.0 Å². The highest BCUT2D eigenvalue weighted by Gasteiger charge is 2.47. The van der Waals surface area contributed by atoms with Gasteiger partial charge in [-0.25, -0.2) is 18.9 Å². The van der Waals surface area contributed by atoms with Crippen molar-refractivity contribution in [1.29, 1.82) is 0 Å². The van der Waals surface area contributed by atoms with E-state index in [1.54, 1.807) is 13.1 Å². The minimum Gasteiger partial charge on any atom is -0.342 e. The Morgan fingerprint density at radius 2 is 1.97 bits per heavy atom. The fraction of sp³-hybridized carbons (Fsp3) is 0.538. The molecule has 2 atom stereocenters. The lowest BCUT2D eigenvalue weighted by molar-refractivity contribution is 0.133. The molecule has 0 radical (unpaired) electrons. The molecule has 1 aliphatic carbocycles. The molecule has 6 nitrogen and oxygen atoms in total. The van der Waals surface area contributed by atoms with E-state index in [2.05, 4.69) is 32.9 Å². The summed E-state index contributed by atoms with van der Waals surface area (Å²) in [6.07, 6.45) is 12.8. The third-order valence-corrected chi connectivity index (χ3v) is 11.6. The molecule has 2 fully saturated rings. The summed E-state index contributed by atoms with van der Waals surface area (Å²) in [4.78, 5) is 13.7. The SMILES string of the molecule is CNS(=O)C(C)(C)C[C@H]1CCCC12CCN(c1ncc(Sc3cccc(Cl)c3Cl)c3nccn13)CC2. The molecule has 3 aromatic rings. The van der Waals surface area contributed by atoms with Crippen LogP contribution in [0.1, 0.15) is 52.4 Å². The molecule has 1 saturated heterocycles. The zero-order valence-corrected chi connectivity index (χ0v) is 24.1. The molecule has 1 unspecified atom stereocenters. The Morgan fingerprint density at radius 3 is 2.72 bits per heavy atom. The van der Waals surface area contributed by atoms with Gasteiger partial charge in [0.15, 0.2) is 5.65 Å². The number of rotatable bonds is 7. The molecule has 2 aliphatic rings. The van der Waals surface area contributed by atoms with Gasteiger partial charge in [0, 0.05) is 36.6 Å². The second-order valence-electron chi connectivity index (χ2n) is 10.6. The van der Waals surface area contributed by atoms with Crippen molar-refractivity contribution in [3.8, 4) is 0 Å². The van der Waals surface area contributed by atoms with E-state index in [-0.39, 0.29) is 4.75 Å². The van der Waals surface area contributed by atoms with Gasteiger partial charge in [-0.1, -0.05) is 47.5 Å². The van der Waals surface area contributed by atoms with Crippen LogP contribution >= 0.6 is 35.0 Å². The molecule has 1 saturated carbocycles. The highest BCUT2D eigenvalue weighted by Crippen LogP contribution is 2.54. The maximum Gasteiger partial charge on any atom is 0.211 e. The van der Waals surface area contributed by atoms with Crippen LogP contribution in [0.15, 0.2) is 46.6 Å². The summed E-state index contributed by atoms with van der Waals surface area (Å²) in [6, 6.07) is 5.65. The van der Waals surface area contributed by atoms with Gasteiger partial charge in [-0.05, 0) is 76.5 Å². The minimum atomic E-state index is -1.02. The Bertz CT molecular complexity index is 1270. The second kappa shape index (κ2) is 10.4. The molecule has 1 aromatic carbocycles. The van der Waals surface area contributed by atoms with Crippen LogP contribution in [0.25, 0.3) is 5.65 Å². The summed E-state index contributed by atoms with van der Waals surface area (Å²) in [5.74, 6) is 1.56. The first kappa shape index (κ1) is 26.3. The Balaban J connectivity index is 1.33. The summed E-state index contributed by atoms with van der Waals surface area (Å²) < 4.78 is 17.4. The first-order valence-electron chi connectivity index (χ1n) is 12.5. The van der Waals surface area contributed by atoms with Crippen molar-refractivity contribution in [2.24, 2.45) is 11.3 Å². The molecule has 1 spiro atoms. The number of nitrogens with one attached hydrogen (secondary N) is 1. The van der Waals surface area contributed by atoms with Gasteiger partial charge in [0.25, 0.3) is 0 Å². The zero-order chi connectivity index (χ0) is 25.5. The number of fused-ring (bicyclic) bond motifs is 1. The molecule has 2 aromatic heterocycles. The largest absolute Gasteiger partial charge is 0.342 e. The second-order valence-corrected chi connectivity index (χ2v) is 14.5. The molecule has 0 bridgehead atoms. The summed E-state index contributed by atoms with van der Waals surface area (Å²) in [5.41, 5.74) is 1.22. The molecule has 10 heteroatoms. The van der Waals surface area contributed by atoms with Gasteiger partial charge in [-0.2, -0.15) is 0 Å². The van der Waals surface area contributed by atoms with E-state index in [1.165, 1.54) is 31.0 Å². The van der Waals surface area contributed by atoms with Crippen molar-refractivity contribution in [2.75, 3.05) is 25.0 Å². The van der Waals surface area contributed by atoms with Crippen LogP contribution < -0.4 is 9.62 Å². The van der Waals surface area contributed by atoms with Crippen molar-refractivity contribution in [3.63, 3.8) is 0 Å². The summed E-state index contributed by atoms with van der Waals surface area (Å²) in [5, 5.41) is 1.09. The Labute approximate surface area is 230 Å². The van der Waals surface area contributed by atoms with Gasteiger partial charge in [0.2, 0.25) is 5.95 Å². The van der Waals surface area contributed by atoms with Crippen LogP contribution in [-0.4, -0.2) is 43.5 Å². The first-order valence-corrected chi connectivity index (χ1v) is 15.2. The average Bonchev–Trinajstić information content (AvgIpc) is 3.50. The predicted octanol–water partition coefficient (Wildman–Crippen LogP) is 6.63. The van der Waals surface area contributed by atoms with Gasteiger partial charge < -0.3 is 4.90 Å². The summed E-state index contributed by atoms with van der Waals surface area (Å²) in [7, 11) is 0.769. The molecule has 3 heterocycles. The number of aromatic nitrogens is 3. The molecule has 194 valence electrons. The van der Waals surface area contributed by atoms with Crippen LogP contribution in [0.4, 0.5) is 5.95 Å². The van der Waals surface area contributed by atoms with E-state index in [9.17, 15) is 4.21 Å². The van der Waals surface area contributed by atoms with Crippen LogP contribution in [0.5, 0.6) is 0 Å². The van der Waals surface area contributed by atoms with E-state index in [0.717, 1.165) is 53.7 Å². The predicted molar refractivity (Wildman–Crippen MR) is 151 cm³/mol. The van der Waals surface area contributed by atoms with Crippen molar-refractivity contribution in [1.82, 2.24) is 19.1 Å². The lowest BCUT2D eigenvalue weighted by Gasteiger charge is -2.45. The third-order valence-electron chi connectivity index (χ3n) is 8.07. The number of piperidine rings is 1. The molecular formula is C26H33Cl2N5OS2. The van der Waals surface area contributed by atoms with Crippen LogP contribution in [0.3, 0.4) is 0 Å². The first-order chi connectivity index (χ1) is 17.2. The van der Waals surface area contributed by atoms with Crippen molar-refractivity contribution >= 4 is 57.5 Å². The van der Waals surface area contributed by atoms with Gasteiger partial charge in [0.05, 0.1) is 30.7 Å². The molecule has 0 amide bonds. The van der Waals surface area contributed by atoms with Gasteiger partial charge in [-0.3, -0.25) is 4.40 Å². The quantitative estimate of drug-likeness (QED) is 0.348. The van der Waals surface area contributed by atoms with Gasteiger partial charge >= 0.3 is 0 Å². The number of halogens is 2. The van der Waals surface area contributed by atoms with Crippen LogP contribution in [-0.2, 0) is 11.0 Å². The topological polar surface area (TPSA) is 62.5 Å². The van der Waals surface area contributed by atoms with E-state index in [0.29, 0.717) is 21.4 Å². The maximum absolute atomic E-state index is 12.6. The zero-order valence-electron chi connectivity index (χ0n) is 21.0. The standard InChI is InChI=1S/C26H33Cl2N5OS2/c1-25(2,36(34)29-3)16-18-6-5-9-26(18)10-13-32(14-11-26)24-31-17-21(23-30-12-15-33(23)24)35-20-8-4-7-19(27)22(20)28/h4,7-8,12,15,17-18,29H,5-6,9-11,13-14,16H2,1-3H3/t18-,36?/m1/s1. The highest BCUT2D eigenvalue weighted by atomic mass is 35.5. The van der Waals surface area contributed by atoms with Crippen LogP contribution in [0, 0.1) is 11.3 Å². The van der Waals surface area contributed by atoms with Crippen molar-refractivity contribution in [3.05, 3.63) is 46.8 Å². The number of nitrogens with zero attached hydrogens (tertiary/aromatic N) is 4. The Hall–Kier alpha value is -1.32. The third kappa shape index (κ3) is 4.92. The van der Waals surface area contributed by atoms with Gasteiger partial charge in [-0.15, -0.1) is 0 Å². The fourth-order valence-corrected chi connectivity index (χ4v) is 8.46. The highest BCUT2D eigenvalue weighted by molar-refractivity contribution is 7.99. The van der Waals surface area contributed by atoms with Gasteiger partial charge in [0.1, 0.15) is 0 Å². The minimum absolute atomic E-state index is 0.224. The average molecular weight is 567 g/mol. The van der Waals surface area contributed by atoms with Crippen molar-refractivity contribution < 1.29 is 4.21 Å². The van der Waals surface area contributed by atoms with Crippen molar-refractivity contribution in [2.45, 2.75) is 66.9 Å². The fourth-order valence-electron chi connectivity index (χ4n) is 6.16. The number of hydrogen-bond donors (Lipinski definition) is 1. The molecule has 1 aliphatic heterocycles. The van der Waals surface area contributed by atoms with E-state index in [4.69, 9.17) is 28.2 Å². The van der Waals surface area contributed by atoms with E-state index >= 15 is 0 Å². The maximum atomic E-state index is 12.6. The lowest BCUT2D eigenvalue weighted by atomic mass is 9.68. The van der Waals surface area contributed by atoms with E-state index < -0.39 is 11.0 Å². The number of hydrogen-bond acceptors (Lipinski definition) is 5. The van der Waals surface area contributed by atoms with E-state index in [1.807, 2.05) is 30.7 Å². The number of anilines is 1. The Kier molecular flexibility index (Phi) is 7.63. The summed E-state index contributed by atoms with van der Waals surface area (Å²) >= 11 is 14.2. The molecule has 1 N–H and O–H groups in total. The molecule has 36 heavy (non-hydrogen) atoms. The summed E-state index contributed by atoms with van der Waals surface area (Å²) in [6.45, 7) is 6.21.